The predicted molar refractivity (Wildman–Crippen MR) is 145 cm³/mol. The molecule has 0 radical (unpaired) electrons. The SMILES string of the molecule is COCC1CCCN1CC1OC(c2cccc(NC(=O)C(Cl)(Cl)Cl)c2)OC(c2ccc(CO)cc2)C1C. The van der Waals surface area contributed by atoms with E-state index in [1.54, 1.807) is 25.3 Å². The van der Waals surface area contributed by atoms with Crippen LogP contribution in [0, 0.1) is 5.92 Å². The van der Waals surface area contributed by atoms with Crippen LogP contribution < -0.4 is 5.32 Å². The van der Waals surface area contributed by atoms with Crippen LogP contribution in [0.4, 0.5) is 5.69 Å². The van der Waals surface area contributed by atoms with E-state index in [1.807, 2.05) is 30.3 Å². The highest BCUT2D eigenvalue weighted by Gasteiger charge is 2.40. The first-order chi connectivity index (χ1) is 17.7. The van der Waals surface area contributed by atoms with Gasteiger partial charge in [0.1, 0.15) is 0 Å². The van der Waals surface area contributed by atoms with Crippen LogP contribution in [0.2, 0.25) is 0 Å². The molecule has 4 rings (SSSR count). The molecule has 0 aliphatic carbocycles. The van der Waals surface area contributed by atoms with Crippen molar-refractivity contribution >= 4 is 46.4 Å². The zero-order chi connectivity index (χ0) is 26.6. The average Bonchev–Trinajstić information content (AvgIpc) is 3.31. The molecule has 5 atom stereocenters. The summed E-state index contributed by atoms with van der Waals surface area (Å²) in [6.45, 7) is 4.57. The summed E-state index contributed by atoms with van der Waals surface area (Å²) < 4.78 is 16.5. The molecule has 2 heterocycles. The highest BCUT2D eigenvalue weighted by atomic mass is 35.6. The Kier molecular flexibility index (Phi) is 9.75. The Morgan fingerprint density at radius 1 is 1.16 bits per heavy atom. The standard InChI is InChI=1S/C27H33Cl3N2O5/c1-17-23(14-32-12-4-7-22(32)16-35-2)36-25(37-24(17)19-10-8-18(15-33)9-11-19)20-5-3-6-21(13-20)31-26(34)27(28,29)30/h3,5-6,8-11,13,17,22-25,33H,4,7,12,14-16H2,1-2H3,(H,31,34). The Morgan fingerprint density at radius 2 is 1.92 bits per heavy atom. The largest absolute Gasteiger partial charge is 0.392 e. The molecule has 7 nitrogen and oxygen atoms in total. The van der Waals surface area contributed by atoms with Crippen LogP contribution in [0.1, 0.15) is 48.8 Å². The van der Waals surface area contributed by atoms with E-state index in [0.29, 0.717) is 18.3 Å². The summed E-state index contributed by atoms with van der Waals surface area (Å²) >= 11 is 17.2. The number of nitrogens with one attached hydrogen (secondary N) is 1. The van der Waals surface area contributed by atoms with Crippen LogP contribution >= 0.6 is 34.8 Å². The lowest BCUT2D eigenvalue weighted by Crippen LogP contribution is -2.46. The minimum absolute atomic E-state index is 0.0156. The number of nitrogens with zero attached hydrogens (tertiary/aromatic N) is 1. The number of methoxy groups -OCH3 is 1. The molecular formula is C27H33Cl3N2O5. The minimum Gasteiger partial charge on any atom is -0.392 e. The molecule has 0 saturated carbocycles. The third-order valence-electron chi connectivity index (χ3n) is 7.07. The fraction of sp³-hybridized carbons (Fsp3) is 0.519. The highest BCUT2D eigenvalue weighted by Crippen LogP contribution is 2.42. The van der Waals surface area contributed by atoms with Crippen molar-refractivity contribution in [3.63, 3.8) is 0 Å². The fourth-order valence-electron chi connectivity index (χ4n) is 5.04. The van der Waals surface area contributed by atoms with Crippen molar-refractivity contribution in [1.82, 2.24) is 4.90 Å². The lowest BCUT2D eigenvalue weighted by Gasteiger charge is -2.43. The second-order valence-corrected chi connectivity index (χ2v) is 11.9. The van der Waals surface area contributed by atoms with Gasteiger partial charge in [0.25, 0.3) is 9.70 Å². The maximum atomic E-state index is 12.2. The molecule has 10 heteroatoms. The first-order valence-electron chi connectivity index (χ1n) is 12.4. The van der Waals surface area contributed by atoms with Crippen molar-refractivity contribution in [1.29, 1.82) is 0 Å². The summed E-state index contributed by atoms with van der Waals surface area (Å²) in [5.41, 5.74) is 3.07. The first-order valence-corrected chi connectivity index (χ1v) is 13.5. The molecular weight excluding hydrogens is 539 g/mol. The number of ether oxygens (including phenoxy) is 3. The Labute approximate surface area is 232 Å². The van der Waals surface area contributed by atoms with E-state index < -0.39 is 16.0 Å². The molecule has 5 unspecified atom stereocenters. The first kappa shape index (κ1) is 28.6. The topological polar surface area (TPSA) is 80.3 Å². The lowest BCUT2D eigenvalue weighted by molar-refractivity contribution is -0.276. The van der Waals surface area contributed by atoms with Crippen LogP contribution in [-0.2, 0) is 25.6 Å². The molecule has 202 valence electrons. The molecule has 2 aliphatic heterocycles. The number of carbonyl (C=O) groups is 1. The van der Waals surface area contributed by atoms with E-state index >= 15 is 0 Å². The molecule has 0 bridgehead atoms. The van der Waals surface area contributed by atoms with Crippen molar-refractivity contribution < 1.29 is 24.1 Å². The number of hydrogen-bond acceptors (Lipinski definition) is 6. The van der Waals surface area contributed by atoms with Crippen molar-refractivity contribution in [2.45, 2.75) is 54.7 Å². The molecule has 2 aromatic carbocycles. The summed E-state index contributed by atoms with van der Waals surface area (Å²) in [7, 11) is 1.74. The molecule has 2 aromatic rings. The van der Waals surface area contributed by atoms with Gasteiger partial charge in [-0.2, -0.15) is 0 Å². The molecule has 0 spiro atoms. The zero-order valence-corrected chi connectivity index (χ0v) is 23.2. The quantitative estimate of drug-likeness (QED) is 0.414. The molecule has 2 saturated heterocycles. The van der Waals surface area contributed by atoms with E-state index in [-0.39, 0.29) is 24.7 Å². The predicted octanol–water partition coefficient (Wildman–Crippen LogP) is 5.39. The number of amides is 1. The van der Waals surface area contributed by atoms with Crippen molar-refractivity contribution in [2.24, 2.45) is 5.92 Å². The highest BCUT2D eigenvalue weighted by molar-refractivity contribution is 6.76. The number of hydrogen-bond donors (Lipinski definition) is 2. The van der Waals surface area contributed by atoms with E-state index in [0.717, 1.165) is 42.6 Å². The number of anilines is 1. The van der Waals surface area contributed by atoms with Crippen LogP contribution in [-0.4, -0.2) is 58.7 Å². The van der Waals surface area contributed by atoms with E-state index in [1.165, 1.54) is 0 Å². The Bertz CT molecular complexity index is 1050. The number of benzene rings is 2. The van der Waals surface area contributed by atoms with Gasteiger partial charge in [-0.1, -0.05) is 78.1 Å². The van der Waals surface area contributed by atoms with Crippen LogP contribution in [0.3, 0.4) is 0 Å². The Morgan fingerprint density at radius 3 is 2.59 bits per heavy atom. The molecule has 1 amide bonds. The smallest absolute Gasteiger partial charge is 0.276 e. The number of likely N-dealkylation sites (tertiary alicyclic amines) is 1. The monoisotopic (exact) mass is 570 g/mol. The molecule has 2 aliphatic rings. The normalized spacial score (nSPS) is 26.8. The summed E-state index contributed by atoms with van der Waals surface area (Å²) in [6.07, 6.45) is 1.21. The van der Waals surface area contributed by atoms with Gasteiger partial charge in [-0.25, -0.2) is 0 Å². The zero-order valence-electron chi connectivity index (χ0n) is 20.9. The number of carbonyl (C=O) groups excluding carboxylic acids is 1. The summed E-state index contributed by atoms with van der Waals surface area (Å²) in [4.78, 5) is 14.6. The molecule has 37 heavy (non-hydrogen) atoms. The third-order valence-corrected chi connectivity index (χ3v) is 7.59. The minimum atomic E-state index is -2.07. The number of alkyl halides is 3. The van der Waals surface area contributed by atoms with Gasteiger partial charge in [0.2, 0.25) is 0 Å². The van der Waals surface area contributed by atoms with Crippen molar-refractivity contribution in [2.75, 3.05) is 32.1 Å². The average molecular weight is 572 g/mol. The molecule has 2 N–H and O–H groups in total. The summed E-state index contributed by atoms with van der Waals surface area (Å²) in [5.74, 6) is -0.682. The summed E-state index contributed by atoms with van der Waals surface area (Å²) in [5, 5.41) is 12.1. The number of rotatable bonds is 8. The lowest BCUT2D eigenvalue weighted by atomic mass is 9.90. The molecule has 0 aromatic heterocycles. The van der Waals surface area contributed by atoms with E-state index in [4.69, 9.17) is 49.0 Å². The van der Waals surface area contributed by atoms with Crippen LogP contribution in [0.5, 0.6) is 0 Å². The van der Waals surface area contributed by atoms with Crippen molar-refractivity contribution in [3.8, 4) is 0 Å². The van der Waals surface area contributed by atoms with Crippen molar-refractivity contribution in [3.05, 3.63) is 65.2 Å². The van der Waals surface area contributed by atoms with Gasteiger partial charge in [-0.15, -0.1) is 0 Å². The van der Waals surface area contributed by atoms with Gasteiger partial charge < -0.3 is 24.6 Å². The van der Waals surface area contributed by atoms with Gasteiger partial charge in [0.05, 0.1) is 25.4 Å². The van der Waals surface area contributed by atoms with Gasteiger partial charge in [-0.05, 0) is 42.6 Å². The second-order valence-electron chi connectivity index (χ2n) is 9.65. The Hall–Kier alpha value is -1.42. The van der Waals surface area contributed by atoms with Gasteiger partial charge in [-0.3, -0.25) is 9.69 Å². The van der Waals surface area contributed by atoms with Gasteiger partial charge in [0, 0.05) is 36.9 Å². The maximum Gasteiger partial charge on any atom is 0.276 e. The van der Waals surface area contributed by atoms with Gasteiger partial charge in [0.15, 0.2) is 6.29 Å². The fourth-order valence-corrected chi connectivity index (χ4v) is 5.18. The van der Waals surface area contributed by atoms with Crippen LogP contribution in [0.15, 0.2) is 48.5 Å². The van der Waals surface area contributed by atoms with E-state index in [2.05, 4.69) is 17.1 Å². The Balaban J connectivity index is 1.60. The molecule has 2 fully saturated rings. The number of halogens is 3. The number of aliphatic hydroxyl groups excluding tert-OH is 1. The maximum absolute atomic E-state index is 12.2. The van der Waals surface area contributed by atoms with E-state index in [9.17, 15) is 9.90 Å². The van der Waals surface area contributed by atoms with Crippen LogP contribution in [0.25, 0.3) is 0 Å². The second kappa shape index (κ2) is 12.6. The number of aliphatic hydroxyl groups is 1. The summed E-state index contributed by atoms with van der Waals surface area (Å²) in [6, 6.07) is 15.3. The van der Waals surface area contributed by atoms with Gasteiger partial charge >= 0.3 is 0 Å². The third kappa shape index (κ3) is 7.16.